The molecule has 1 aliphatic rings. The van der Waals surface area contributed by atoms with E-state index >= 15 is 0 Å². The first-order chi connectivity index (χ1) is 12.2. The zero-order chi connectivity index (χ0) is 18.9. The van der Waals surface area contributed by atoms with Gasteiger partial charge in [-0.2, -0.15) is 13.2 Å². The van der Waals surface area contributed by atoms with Crippen LogP contribution in [0.15, 0.2) is 34.7 Å². The summed E-state index contributed by atoms with van der Waals surface area (Å²) in [5.41, 5.74) is -1.17. The average Bonchev–Trinajstić information content (AvgIpc) is 3.23. The van der Waals surface area contributed by atoms with Gasteiger partial charge >= 0.3 is 6.18 Å². The van der Waals surface area contributed by atoms with Gasteiger partial charge in [-0.05, 0) is 31.0 Å². The molecule has 1 atom stereocenters. The number of anilines is 1. The van der Waals surface area contributed by atoms with E-state index in [0.717, 1.165) is 36.7 Å². The Labute approximate surface area is 157 Å². The van der Waals surface area contributed by atoms with Gasteiger partial charge in [0.15, 0.2) is 5.13 Å². The summed E-state index contributed by atoms with van der Waals surface area (Å²) < 4.78 is 66.1. The van der Waals surface area contributed by atoms with Crippen LogP contribution >= 0.6 is 22.9 Å². The first-order valence-corrected chi connectivity index (χ1v) is 10.4. The topological polar surface area (TPSA) is 62.3 Å². The molecule has 2 heterocycles. The van der Waals surface area contributed by atoms with E-state index in [1.54, 1.807) is 6.20 Å². The van der Waals surface area contributed by atoms with Gasteiger partial charge in [0, 0.05) is 30.7 Å². The molecule has 0 aliphatic carbocycles. The fourth-order valence-electron chi connectivity index (χ4n) is 2.84. The zero-order valence-electron chi connectivity index (χ0n) is 13.3. The van der Waals surface area contributed by atoms with Gasteiger partial charge in [0.1, 0.15) is 0 Å². The van der Waals surface area contributed by atoms with E-state index in [0.29, 0.717) is 6.07 Å². The average molecular weight is 426 g/mol. The zero-order valence-corrected chi connectivity index (χ0v) is 15.7. The summed E-state index contributed by atoms with van der Waals surface area (Å²) >= 11 is 7.00. The van der Waals surface area contributed by atoms with Gasteiger partial charge in [-0.1, -0.05) is 11.6 Å². The minimum atomic E-state index is -4.73. The SMILES string of the molecule is O=S(=O)(NCC1CCCN1c1nccs1)c1ccc(Cl)c(C(F)(F)F)c1. The predicted octanol–water partition coefficient (Wildman–Crippen LogP) is 3.76. The van der Waals surface area contributed by atoms with Gasteiger partial charge in [0.25, 0.3) is 0 Å². The molecule has 2 aromatic rings. The van der Waals surface area contributed by atoms with Crippen molar-refractivity contribution in [1.82, 2.24) is 9.71 Å². The van der Waals surface area contributed by atoms with Gasteiger partial charge in [0.05, 0.1) is 15.5 Å². The van der Waals surface area contributed by atoms with E-state index in [1.807, 2.05) is 10.3 Å². The van der Waals surface area contributed by atoms with E-state index in [4.69, 9.17) is 11.6 Å². The Morgan fingerprint density at radius 1 is 1.38 bits per heavy atom. The standard InChI is InChI=1S/C15H15ClF3N3O2S2/c16-13-4-3-11(8-12(13)15(17,18)19)26(23,24)21-9-10-2-1-6-22(10)14-20-5-7-25-14/h3-5,7-8,10,21H,1-2,6,9H2. The maximum atomic E-state index is 12.9. The third-order valence-corrected chi connectivity index (χ3v) is 6.66. The number of alkyl halides is 3. The minimum Gasteiger partial charge on any atom is -0.344 e. The number of benzene rings is 1. The Morgan fingerprint density at radius 3 is 2.81 bits per heavy atom. The summed E-state index contributed by atoms with van der Waals surface area (Å²) in [5, 5.41) is 2.10. The lowest BCUT2D eigenvalue weighted by Gasteiger charge is -2.24. The number of sulfonamides is 1. The maximum Gasteiger partial charge on any atom is 0.417 e. The van der Waals surface area contributed by atoms with E-state index in [-0.39, 0.29) is 12.6 Å². The molecule has 1 saturated heterocycles. The highest BCUT2D eigenvalue weighted by atomic mass is 35.5. The lowest BCUT2D eigenvalue weighted by atomic mass is 10.2. The van der Waals surface area contributed by atoms with Crippen molar-refractivity contribution >= 4 is 38.1 Å². The van der Waals surface area contributed by atoms with E-state index in [2.05, 4.69) is 9.71 Å². The summed E-state index contributed by atoms with van der Waals surface area (Å²) in [7, 11) is -4.09. The minimum absolute atomic E-state index is 0.0892. The largest absolute Gasteiger partial charge is 0.417 e. The van der Waals surface area contributed by atoms with Gasteiger partial charge in [-0.3, -0.25) is 0 Å². The molecule has 1 aliphatic heterocycles. The van der Waals surface area contributed by atoms with Gasteiger partial charge in [0.2, 0.25) is 10.0 Å². The number of halogens is 4. The van der Waals surface area contributed by atoms with Crippen molar-refractivity contribution in [2.24, 2.45) is 0 Å². The van der Waals surface area contributed by atoms with Crippen molar-refractivity contribution in [2.75, 3.05) is 18.0 Å². The second-order valence-corrected chi connectivity index (χ2v) is 8.84. The Kier molecular flexibility index (Phi) is 5.48. The molecule has 0 bridgehead atoms. The van der Waals surface area contributed by atoms with Crippen LogP contribution in [0.25, 0.3) is 0 Å². The van der Waals surface area contributed by atoms with E-state index in [9.17, 15) is 21.6 Å². The molecule has 1 fully saturated rings. The molecule has 1 N–H and O–H groups in total. The quantitative estimate of drug-likeness (QED) is 0.792. The predicted molar refractivity (Wildman–Crippen MR) is 94.1 cm³/mol. The molecule has 1 aromatic heterocycles. The molecule has 0 amide bonds. The third-order valence-electron chi connectivity index (χ3n) is 4.10. The molecule has 0 radical (unpaired) electrons. The molecule has 0 spiro atoms. The van der Waals surface area contributed by atoms with Crippen LogP contribution in [0.4, 0.5) is 18.3 Å². The van der Waals surface area contributed by atoms with Crippen LogP contribution in [-0.4, -0.2) is 32.5 Å². The second-order valence-electron chi connectivity index (χ2n) is 5.80. The molecule has 3 rings (SSSR count). The van der Waals surface area contributed by atoms with Crippen LogP contribution in [0.5, 0.6) is 0 Å². The van der Waals surface area contributed by atoms with Crippen molar-refractivity contribution < 1.29 is 21.6 Å². The molecular weight excluding hydrogens is 411 g/mol. The number of aromatic nitrogens is 1. The van der Waals surface area contributed by atoms with Crippen molar-refractivity contribution in [2.45, 2.75) is 30.0 Å². The summed E-state index contributed by atoms with van der Waals surface area (Å²) in [5.74, 6) is 0. The van der Waals surface area contributed by atoms with Crippen LogP contribution in [0, 0.1) is 0 Å². The Hall–Kier alpha value is -1.36. The first kappa shape index (κ1) is 19.4. The van der Waals surface area contributed by atoms with Gasteiger partial charge in [-0.25, -0.2) is 18.1 Å². The Morgan fingerprint density at radius 2 is 2.15 bits per heavy atom. The summed E-state index contributed by atoms with van der Waals surface area (Å²) in [4.78, 5) is 5.77. The Bertz CT molecular complexity index is 873. The second kappa shape index (κ2) is 7.34. The van der Waals surface area contributed by atoms with Crippen molar-refractivity contribution in [1.29, 1.82) is 0 Å². The highest BCUT2D eigenvalue weighted by molar-refractivity contribution is 7.89. The fraction of sp³-hybridized carbons (Fsp3) is 0.400. The number of thiazole rings is 1. The van der Waals surface area contributed by atoms with Crippen LogP contribution in [-0.2, 0) is 16.2 Å². The van der Waals surface area contributed by atoms with Crippen LogP contribution in [0.1, 0.15) is 18.4 Å². The summed E-state index contributed by atoms with van der Waals surface area (Å²) in [6, 6.07) is 2.46. The molecule has 5 nitrogen and oxygen atoms in total. The van der Waals surface area contributed by atoms with Crippen molar-refractivity contribution in [3.8, 4) is 0 Å². The van der Waals surface area contributed by atoms with E-state index in [1.165, 1.54) is 11.3 Å². The smallest absolute Gasteiger partial charge is 0.344 e. The number of nitrogens with one attached hydrogen (secondary N) is 1. The van der Waals surface area contributed by atoms with Gasteiger partial charge in [-0.15, -0.1) is 11.3 Å². The Balaban J connectivity index is 1.75. The highest BCUT2D eigenvalue weighted by Crippen LogP contribution is 2.36. The van der Waals surface area contributed by atoms with Crippen LogP contribution in [0.3, 0.4) is 0 Å². The molecule has 26 heavy (non-hydrogen) atoms. The monoisotopic (exact) mass is 425 g/mol. The lowest BCUT2D eigenvalue weighted by molar-refractivity contribution is -0.137. The molecule has 11 heteroatoms. The first-order valence-electron chi connectivity index (χ1n) is 7.71. The summed E-state index contributed by atoms with van der Waals surface area (Å²) in [6.07, 6.45) is -1.39. The maximum absolute atomic E-state index is 12.9. The van der Waals surface area contributed by atoms with Gasteiger partial charge < -0.3 is 4.90 Å². The molecule has 1 aromatic carbocycles. The highest BCUT2D eigenvalue weighted by Gasteiger charge is 2.35. The molecule has 0 saturated carbocycles. The fourth-order valence-corrected chi connectivity index (χ4v) is 4.90. The van der Waals surface area contributed by atoms with E-state index < -0.39 is 31.7 Å². The molecule has 142 valence electrons. The number of hydrogen-bond acceptors (Lipinski definition) is 5. The number of rotatable bonds is 5. The van der Waals surface area contributed by atoms with Crippen molar-refractivity contribution in [3.05, 3.63) is 40.4 Å². The lowest BCUT2D eigenvalue weighted by Crippen LogP contribution is -2.40. The normalized spacial score (nSPS) is 18.5. The molecular formula is C15H15ClF3N3O2S2. The third kappa shape index (κ3) is 4.13. The number of hydrogen-bond donors (Lipinski definition) is 1. The molecule has 1 unspecified atom stereocenters. The van der Waals surface area contributed by atoms with Crippen LogP contribution in [0.2, 0.25) is 5.02 Å². The number of nitrogens with zero attached hydrogens (tertiary/aromatic N) is 2. The van der Waals surface area contributed by atoms with Crippen LogP contribution < -0.4 is 9.62 Å². The summed E-state index contributed by atoms with van der Waals surface area (Å²) in [6.45, 7) is 0.852. The van der Waals surface area contributed by atoms with Crippen molar-refractivity contribution in [3.63, 3.8) is 0 Å².